The number of benzene rings is 1. The third kappa shape index (κ3) is 1.69. The Morgan fingerprint density at radius 2 is 2.05 bits per heavy atom. The molecule has 5 nitrogen and oxygen atoms in total. The van der Waals surface area contributed by atoms with Crippen molar-refractivity contribution in [2.45, 2.75) is 12.5 Å². The monoisotopic (exact) mass is 274 g/mol. The summed E-state index contributed by atoms with van der Waals surface area (Å²) in [4.78, 5) is 11.8. The van der Waals surface area contributed by atoms with Crippen molar-refractivity contribution in [3.05, 3.63) is 46.2 Å². The lowest BCUT2D eigenvalue weighted by molar-refractivity contribution is -0.133. The summed E-state index contributed by atoms with van der Waals surface area (Å²) < 4.78 is 0. The third-order valence-corrected chi connectivity index (χ3v) is 3.68. The van der Waals surface area contributed by atoms with Crippen LogP contribution in [0.3, 0.4) is 0 Å². The highest BCUT2D eigenvalue weighted by atomic mass is 35.5. The number of carbonyl (C=O) groups is 1. The van der Waals surface area contributed by atoms with Gasteiger partial charge in [0.1, 0.15) is 11.9 Å². The molecular weight excluding hydrogens is 264 g/mol. The number of nitrogens with zero attached hydrogens (tertiary/aromatic N) is 3. The van der Waals surface area contributed by atoms with Crippen molar-refractivity contribution >= 4 is 17.5 Å². The first kappa shape index (κ1) is 12.0. The van der Waals surface area contributed by atoms with Gasteiger partial charge in [-0.05, 0) is 17.7 Å². The standard InChI is InChI=1S/C13H11ClN4O/c14-9-3-1-8(2-4-9)12-10(7-15)13(16)18-11(19)5-6-17(12)18/h1-4,12H,5-6,16H2/t12-/m1/s1. The summed E-state index contributed by atoms with van der Waals surface area (Å²) in [5.41, 5.74) is 7.23. The molecule has 1 atom stereocenters. The summed E-state index contributed by atoms with van der Waals surface area (Å²) in [5, 5.41) is 13.2. The van der Waals surface area contributed by atoms with Crippen LogP contribution in [-0.4, -0.2) is 22.5 Å². The van der Waals surface area contributed by atoms with Crippen LogP contribution in [0.1, 0.15) is 18.0 Å². The fraction of sp³-hybridized carbons (Fsp3) is 0.231. The number of rotatable bonds is 1. The number of amides is 1. The molecule has 0 unspecified atom stereocenters. The molecule has 19 heavy (non-hydrogen) atoms. The molecule has 0 spiro atoms. The summed E-state index contributed by atoms with van der Waals surface area (Å²) in [5.74, 6) is 0.173. The largest absolute Gasteiger partial charge is 0.383 e. The summed E-state index contributed by atoms with van der Waals surface area (Å²) >= 11 is 5.87. The van der Waals surface area contributed by atoms with Crippen LogP contribution >= 0.6 is 11.6 Å². The highest BCUT2D eigenvalue weighted by molar-refractivity contribution is 6.30. The Morgan fingerprint density at radius 1 is 1.37 bits per heavy atom. The van der Waals surface area contributed by atoms with Crippen molar-refractivity contribution in [2.24, 2.45) is 5.73 Å². The predicted octanol–water partition coefficient (Wildman–Crippen LogP) is 1.54. The van der Waals surface area contributed by atoms with Gasteiger partial charge in [-0.25, -0.2) is 5.01 Å². The van der Waals surface area contributed by atoms with Crippen LogP contribution in [0.15, 0.2) is 35.7 Å². The zero-order chi connectivity index (χ0) is 13.6. The van der Waals surface area contributed by atoms with Crippen molar-refractivity contribution in [3.8, 4) is 6.07 Å². The number of nitrogens with two attached hydrogens (primary N) is 1. The second kappa shape index (κ2) is 4.26. The number of nitriles is 1. The lowest BCUT2D eigenvalue weighted by Gasteiger charge is -2.25. The zero-order valence-corrected chi connectivity index (χ0v) is 10.8. The number of halogens is 1. The average molecular weight is 275 g/mol. The lowest BCUT2D eigenvalue weighted by Crippen LogP contribution is -2.36. The fourth-order valence-corrected chi connectivity index (χ4v) is 2.71. The topological polar surface area (TPSA) is 73.4 Å². The molecule has 6 heteroatoms. The molecule has 0 aromatic heterocycles. The van der Waals surface area contributed by atoms with Gasteiger partial charge in [0.05, 0.1) is 11.6 Å². The lowest BCUT2D eigenvalue weighted by atomic mass is 10.00. The van der Waals surface area contributed by atoms with Gasteiger partial charge in [0.25, 0.3) is 0 Å². The van der Waals surface area contributed by atoms with Gasteiger partial charge in [0.15, 0.2) is 0 Å². The Morgan fingerprint density at radius 3 is 2.68 bits per heavy atom. The van der Waals surface area contributed by atoms with Crippen molar-refractivity contribution in [1.82, 2.24) is 10.0 Å². The number of hydrogen-bond donors (Lipinski definition) is 1. The van der Waals surface area contributed by atoms with E-state index in [0.717, 1.165) is 5.56 Å². The summed E-state index contributed by atoms with van der Waals surface area (Å²) in [6.45, 7) is 0.567. The first-order valence-corrected chi connectivity index (χ1v) is 6.26. The van der Waals surface area contributed by atoms with Crippen LogP contribution in [0, 0.1) is 11.3 Å². The van der Waals surface area contributed by atoms with E-state index in [1.54, 1.807) is 12.1 Å². The first-order chi connectivity index (χ1) is 9.13. The van der Waals surface area contributed by atoms with Gasteiger partial charge in [-0.3, -0.25) is 4.79 Å². The van der Waals surface area contributed by atoms with Gasteiger partial charge in [0, 0.05) is 18.0 Å². The summed E-state index contributed by atoms with van der Waals surface area (Å²) in [6, 6.07) is 9.05. The zero-order valence-electron chi connectivity index (χ0n) is 10.0. The highest BCUT2D eigenvalue weighted by Crippen LogP contribution is 2.41. The van der Waals surface area contributed by atoms with Crippen molar-refractivity contribution in [2.75, 3.05) is 6.54 Å². The van der Waals surface area contributed by atoms with Crippen LogP contribution < -0.4 is 5.73 Å². The maximum absolute atomic E-state index is 11.8. The molecule has 96 valence electrons. The van der Waals surface area contributed by atoms with Gasteiger partial charge in [-0.15, -0.1) is 0 Å². The minimum Gasteiger partial charge on any atom is -0.383 e. The molecular formula is C13H11ClN4O. The van der Waals surface area contributed by atoms with Crippen LogP contribution in [-0.2, 0) is 4.79 Å². The molecule has 0 saturated carbocycles. The normalized spacial score (nSPS) is 22.8. The van der Waals surface area contributed by atoms with Crippen molar-refractivity contribution in [3.63, 3.8) is 0 Å². The molecule has 1 amide bonds. The quantitative estimate of drug-likeness (QED) is 0.843. The van der Waals surface area contributed by atoms with E-state index < -0.39 is 0 Å². The van der Waals surface area contributed by atoms with E-state index in [0.29, 0.717) is 23.6 Å². The molecule has 1 aromatic carbocycles. The van der Waals surface area contributed by atoms with E-state index >= 15 is 0 Å². The molecule has 2 heterocycles. The molecule has 0 radical (unpaired) electrons. The van der Waals surface area contributed by atoms with E-state index in [9.17, 15) is 10.1 Å². The van der Waals surface area contributed by atoms with E-state index in [4.69, 9.17) is 17.3 Å². The molecule has 3 rings (SSSR count). The molecule has 0 bridgehead atoms. The molecule has 0 aliphatic carbocycles. The average Bonchev–Trinajstić information content (AvgIpc) is 2.90. The van der Waals surface area contributed by atoms with Crippen molar-refractivity contribution < 1.29 is 4.79 Å². The molecule has 1 fully saturated rings. The van der Waals surface area contributed by atoms with Gasteiger partial charge in [0.2, 0.25) is 5.91 Å². The van der Waals surface area contributed by atoms with Crippen molar-refractivity contribution in [1.29, 1.82) is 5.26 Å². The first-order valence-electron chi connectivity index (χ1n) is 5.88. The van der Waals surface area contributed by atoms with Crippen LogP contribution in [0.4, 0.5) is 0 Å². The number of hydrazine groups is 1. The maximum atomic E-state index is 11.8. The molecule has 2 aliphatic heterocycles. The second-order valence-corrected chi connectivity index (χ2v) is 4.92. The molecule has 2 aliphatic rings. The fourth-order valence-electron chi connectivity index (χ4n) is 2.58. The summed E-state index contributed by atoms with van der Waals surface area (Å²) in [7, 11) is 0. The van der Waals surface area contributed by atoms with E-state index in [1.165, 1.54) is 5.01 Å². The van der Waals surface area contributed by atoms with Crippen LogP contribution in [0.2, 0.25) is 5.02 Å². The third-order valence-electron chi connectivity index (χ3n) is 3.43. The smallest absolute Gasteiger partial charge is 0.244 e. The Kier molecular flexibility index (Phi) is 2.70. The van der Waals surface area contributed by atoms with Gasteiger partial charge >= 0.3 is 0 Å². The predicted molar refractivity (Wildman–Crippen MR) is 69.2 cm³/mol. The van der Waals surface area contributed by atoms with Gasteiger partial charge < -0.3 is 5.73 Å². The molecule has 2 N–H and O–H groups in total. The number of fused-ring (bicyclic) bond motifs is 1. The van der Waals surface area contributed by atoms with Gasteiger partial charge in [-0.2, -0.15) is 10.3 Å². The number of hydrogen-bond acceptors (Lipinski definition) is 4. The second-order valence-electron chi connectivity index (χ2n) is 4.48. The Labute approximate surface area is 115 Å². The van der Waals surface area contributed by atoms with Gasteiger partial charge in [-0.1, -0.05) is 23.7 Å². The van der Waals surface area contributed by atoms with E-state index in [2.05, 4.69) is 6.07 Å². The Hall–Kier alpha value is -2.03. The van der Waals surface area contributed by atoms with E-state index in [-0.39, 0.29) is 17.8 Å². The minimum atomic E-state index is -0.297. The maximum Gasteiger partial charge on any atom is 0.244 e. The van der Waals surface area contributed by atoms with E-state index in [1.807, 2.05) is 17.1 Å². The summed E-state index contributed by atoms with van der Waals surface area (Å²) in [6.07, 6.45) is 0.420. The SMILES string of the molecule is N#CC1=C(N)N2C(=O)CCN2[C@@H]1c1ccc(Cl)cc1. The van der Waals surface area contributed by atoms with Crippen LogP contribution in [0.25, 0.3) is 0 Å². The molecule has 1 aromatic rings. The molecule has 1 saturated heterocycles. The highest BCUT2D eigenvalue weighted by Gasteiger charge is 2.45. The number of carbonyl (C=O) groups excluding carboxylic acids is 1. The van der Waals surface area contributed by atoms with Crippen LogP contribution in [0.5, 0.6) is 0 Å². The Bertz CT molecular complexity index is 617. The minimum absolute atomic E-state index is 0.0679. The Balaban J connectivity index is 2.08.